The van der Waals surface area contributed by atoms with E-state index in [1.165, 1.54) is 11.8 Å². The highest BCUT2D eigenvalue weighted by atomic mass is 32.2. The molecule has 0 saturated carbocycles. The van der Waals surface area contributed by atoms with Crippen LogP contribution in [0.1, 0.15) is 35.0 Å². The molecule has 0 spiro atoms. The van der Waals surface area contributed by atoms with Crippen LogP contribution in [0, 0.1) is 34.6 Å². The van der Waals surface area contributed by atoms with Crippen LogP contribution in [0.15, 0.2) is 23.4 Å². The Morgan fingerprint density at radius 2 is 1.70 bits per heavy atom. The number of carbonyl (C=O) groups is 1. The summed E-state index contributed by atoms with van der Waals surface area (Å²) in [5, 5.41) is 3.38. The fourth-order valence-electron chi connectivity index (χ4n) is 2.11. The maximum Gasteiger partial charge on any atom is 0.237 e. The van der Waals surface area contributed by atoms with E-state index in [0.29, 0.717) is 5.16 Å². The number of rotatable bonds is 4. The molecule has 23 heavy (non-hydrogen) atoms. The summed E-state index contributed by atoms with van der Waals surface area (Å²) < 4.78 is 0. The lowest BCUT2D eigenvalue weighted by Gasteiger charge is -2.14. The van der Waals surface area contributed by atoms with Gasteiger partial charge in [-0.25, -0.2) is 9.97 Å². The summed E-state index contributed by atoms with van der Waals surface area (Å²) in [7, 11) is 0. The third kappa shape index (κ3) is 4.32. The minimum absolute atomic E-state index is 0.0387. The molecule has 0 bridgehead atoms. The molecule has 4 nitrogen and oxygen atoms in total. The zero-order valence-electron chi connectivity index (χ0n) is 14.5. The Bertz CT molecular complexity index is 720. The first kappa shape index (κ1) is 17.5. The van der Waals surface area contributed by atoms with Crippen LogP contribution in [0.4, 0.5) is 5.69 Å². The number of benzene rings is 1. The van der Waals surface area contributed by atoms with E-state index in [4.69, 9.17) is 0 Å². The molecule has 1 amide bonds. The van der Waals surface area contributed by atoms with Crippen molar-refractivity contribution in [3.63, 3.8) is 0 Å². The standard InChI is InChI=1S/C18H23N3OS/c1-10-7-8-11(2)16(9-10)21-17(22)15(6)23-18-19-13(4)12(3)14(5)20-18/h7-9,15H,1-6H3,(H,21,22)/t15-/m0/s1. The van der Waals surface area contributed by atoms with E-state index in [1.54, 1.807) is 0 Å². The lowest BCUT2D eigenvalue weighted by molar-refractivity contribution is -0.115. The van der Waals surface area contributed by atoms with Gasteiger partial charge in [0.15, 0.2) is 5.16 Å². The summed E-state index contributed by atoms with van der Waals surface area (Å²) >= 11 is 1.38. The molecule has 1 aromatic heterocycles. The van der Waals surface area contributed by atoms with Crippen molar-refractivity contribution < 1.29 is 4.79 Å². The molecule has 2 rings (SSSR count). The van der Waals surface area contributed by atoms with Crippen molar-refractivity contribution in [3.8, 4) is 0 Å². The smallest absolute Gasteiger partial charge is 0.237 e. The second kappa shape index (κ2) is 7.13. The van der Waals surface area contributed by atoms with E-state index in [0.717, 1.165) is 33.8 Å². The molecule has 2 aromatic rings. The average Bonchev–Trinajstić information content (AvgIpc) is 2.48. The summed E-state index contributed by atoms with van der Waals surface area (Å²) in [6.45, 7) is 11.8. The van der Waals surface area contributed by atoms with Gasteiger partial charge in [0.05, 0.1) is 5.25 Å². The van der Waals surface area contributed by atoms with Crippen LogP contribution in [-0.2, 0) is 4.79 Å². The van der Waals surface area contributed by atoms with Gasteiger partial charge in [-0.15, -0.1) is 0 Å². The molecule has 1 atom stereocenters. The first-order valence-electron chi connectivity index (χ1n) is 7.64. The second-order valence-electron chi connectivity index (χ2n) is 5.87. The van der Waals surface area contributed by atoms with Crippen LogP contribution >= 0.6 is 11.8 Å². The first-order valence-corrected chi connectivity index (χ1v) is 8.52. The fourth-order valence-corrected chi connectivity index (χ4v) is 2.97. The summed E-state index contributed by atoms with van der Waals surface area (Å²) in [5.41, 5.74) is 6.06. The largest absolute Gasteiger partial charge is 0.325 e. The van der Waals surface area contributed by atoms with Crippen molar-refractivity contribution in [3.05, 3.63) is 46.3 Å². The molecule has 122 valence electrons. The number of hydrogen-bond acceptors (Lipinski definition) is 4. The maximum absolute atomic E-state index is 12.4. The van der Waals surface area contributed by atoms with Gasteiger partial charge < -0.3 is 5.32 Å². The van der Waals surface area contributed by atoms with Crippen LogP contribution in [0.2, 0.25) is 0 Å². The molecule has 0 aliphatic rings. The van der Waals surface area contributed by atoms with Gasteiger partial charge >= 0.3 is 0 Å². The summed E-state index contributed by atoms with van der Waals surface area (Å²) in [4.78, 5) is 21.4. The average molecular weight is 329 g/mol. The molecular formula is C18H23N3OS. The molecule has 0 aliphatic heterocycles. The minimum Gasteiger partial charge on any atom is -0.325 e. The van der Waals surface area contributed by atoms with E-state index >= 15 is 0 Å². The van der Waals surface area contributed by atoms with Crippen molar-refractivity contribution in [2.24, 2.45) is 0 Å². The summed E-state index contributed by atoms with van der Waals surface area (Å²) in [6.07, 6.45) is 0. The summed E-state index contributed by atoms with van der Waals surface area (Å²) in [6, 6.07) is 6.04. The Morgan fingerprint density at radius 3 is 2.30 bits per heavy atom. The monoisotopic (exact) mass is 329 g/mol. The minimum atomic E-state index is -0.267. The predicted molar refractivity (Wildman–Crippen MR) is 96.1 cm³/mol. The van der Waals surface area contributed by atoms with Gasteiger partial charge in [-0.3, -0.25) is 4.79 Å². The molecule has 0 fully saturated rings. The lowest BCUT2D eigenvalue weighted by Crippen LogP contribution is -2.23. The Labute approximate surface area is 142 Å². The highest BCUT2D eigenvalue weighted by molar-refractivity contribution is 8.00. The molecule has 1 heterocycles. The number of anilines is 1. The SMILES string of the molecule is Cc1ccc(C)c(NC(=O)[C@H](C)Sc2nc(C)c(C)c(C)n2)c1. The number of aryl methyl sites for hydroxylation is 4. The second-order valence-corrected chi connectivity index (χ2v) is 7.18. The summed E-state index contributed by atoms with van der Waals surface area (Å²) in [5.74, 6) is -0.0387. The number of thioether (sulfide) groups is 1. The third-order valence-corrected chi connectivity index (χ3v) is 4.88. The molecule has 1 aromatic carbocycles. The number of aromatic nitrogens is 2. The Morgan fingerprint density at radius 1 is 1.09 bits per heavy atom. The van der Waals surface area contributed by atoms with E-state index in [2.05, 4.69) is 15.3 Å². The predicted octanol–water partition coefficient (Wildman–Crippen LogP) is 4.14. The fraction of sp³-hybridized carbons (Fsp3) is 0.389. The molecule has 0 saturated heterocycles. The number of carbonyl (C=O) groups excluding carboxylic acids is 1. The van der Waals surface area contributed by atoms with E-state index < -0.39 is 0 Å². The first-order chi connectivity index (χ1) is 10.8. The van der Waals surface area contributed by atoms with Gasteiger partial charge in [-0.1, -0.05) is 23.9 Å². The lowest BCUT2D eigenvalue weighted by atomic mass is 10.1. The number of nitrogens with one attached hydrogen (secondary N) is 1. The van der Waals surface area contributed by atoms with E-state index in [-0.39, 0.29) is 11.2 Å². The van der Waals surface area contributed by atoms with Crippen molar-refractivity contribution in [1.29, 1.82) is 0 Å². The zero-order chi connectivity index (χ0) is 17.1. The van der Waals surface area contributed by atoms with Crippen molar-refractivity contribution in [1.82, 2.24) is 9.97 Å². The van der Waals surface area contributed by atoms with Crippen LogP contribution in [0.3, 0.4) is 0 Å². The van der Waals surface area contributed by atoms with Gasteiger partial charge in [0, 0.05) is 17.1 Å². The van der Waals surface area contributed by atoms with Crippen LogP contribution < -0.4 is 5.32 Å². The third-order valence-electron chi connectivity index (χ3n) is 3.91. The van der Waals surface area contributed by atoms with Crippen LogP contribution in [0.25, 0.3) is 0 Å². The molecule has 1 N–H and O–H groups in total. The quantitative estimate of drug-likeness (QED) is 0.676. The van der Waals surface area contributed by atoms with Gasteiger partial charge in [-0.05, 0) is 64.3 Å². The van der Waals surface area contributed by atoms with Gasteiger partial charge in [0.2, 0.25) is 5.91 Å². The van der Waals surface area contributed by atoms with Crippen molar-refractivity contribution in [2.45, 2.75) is 51.9 Å². The van der Waals surface area contributed by atoms with Crippen LogP contribution in [0.5, 0.6) is 0 Å². The van der Waals surface area contributed by atoms with Gasteiger partial charge in [0.1, 0.15) is 0 Å². The highest BCUT2D eigenvalue weighted by Crippen LogP contribution is 2.24. The number of nitrogens with zero attached hydrogens (tertiary/aromatic N) is 2. The van der Waals surface area contributed by atoms with Gasteiger partial charge in [-0.2, -0.15) is 0 Å². The Balaban J connectivity index is 2.10. The highest BCUT2D eigenvalue weighted by Gasteiger charge is 2.18. The van der Waals surface area contributed by atoms with E-state index in [1.807, 2.05) is 59.7 Å². The topological polar surface area (TPSA) is 54.9 Å². The number of amides is 1. The van der Waals surface area contributed by atoms with E-state index in [9.17, 15) is 4.79 Å². The molecular weight excluding hydrogens is 306 g/mol. The maximum atomic E-state index is 12.4. The molecule has 0 aliphatic carbocycles. The molecule has 5 heteroatoms. The molecule has 0 radical (unpaired) electrons. The Kier molecular flexibility index (Phi) is 5.42. The number of hydrogen-bond donors (Lipinski definition) is 1. The van der Waals surface area contributed by atoms with Crippen LogP contribution in [-0.4, -0.2) is 21.1 Å². The van der Waals surface area contributed by atoms with Gasteiger partial charge in [0.25, 0.3) is 0 Å². The molecule has 0 unspecified atom stereocenters. The Hall–Kier alpha value is -1.88. The van der Waals surface area contributed by atoms with Crippen molar-refractivity contribution in [2.75, 3.05) is 5.32 Å². The zero-order valence-corrected chi connectivity index (χ0v) is 15.3. The van der Waals surface area contributed by atoms with Crippen molar-refractivity contribution >= 4 is 23.4 Å². The normalized spacial score (nSPS) is 12.1.